The number of para-hydroxylation sites is 1. The van der Waals surface area contributed by atoms with Crippen LogP contribution in [0.15, 0.2) is 48.5 Å². The van der Waals surface area contributed by atoms with Gasteiger partial charge in [-0.3, -0.25) is 4.79 Å². The average Bonchev–Trinajstić information content (AvgIpc) is 2.66. The molecule has 2 rings (SSSR count). The van der Waals surface area contributed by atoms with Gasteiger partial charge >= 0.3 is 5.97 Å². The Labute approximate surface area is 147 Å². The summed E-state index contributed by atoms with van der Waals surface area (Å²) in [6.45, 7) is 0.639. The minimum absolute atomic E-state index is 0.122. The first-order chi connectivity index (χ1) is 12.1. The van der Waals surface area contributed by atoms with Gasteiger partial charge in [-0.15, -0.1) is 0 Å². The van der Waals surface area contributed by atoms with E-state index in [1.165, 1.54) is 7.11 Å². The number of amides is 1. The van der Waals surface area contributed by atoms with Gasteiger partial charge in [-0.2, -0.15) is 0 Å². The predicted molar refractivity (Wildman–Crippen MR) is 96.0 cm³/mol. The molecule has 0 aromatic heterocycles. The Kier molecular flexibility index (Phi) is 6.83. The van der Waals surface area contributed by atoms with Crippen molar-refractivity contribution in [2.75, 3.05) is 32.6 Å². The van der Waals surface area contributed by atoms with E-state index in [4.69, 9.17) is 4.74 Å². The third kappa shape index (κ3) is 5.53. The standard InChI is InChI=1S/C19H22N2O4/c1-24-17-9-4-3-6-14(17)10-11-20-18(22)13-21-16-8-5-7-15(12-16)19(23)25-2/h3-9,12,21H,10-11,13H2,1-2H3,(H,20,22). The molecule has 132 valence electrons. The molecule has 0 atom stereocenters. The second kappa shape index (κ2) is 9.32. The summed E-state index contributed by atoms with van der Waals surface area (Å²) in [6, 6.07) is 14.5. The summed E-state index contributed by atoms with van der Waals surface area (Å²) in [5.74, 6) is 0.276. The second-order valence-electron chi connectivity index (χ2n) is 5.34. The van der Waals surface area contributed by atoms with E-state index in [1.54, 1.807) is 31.4 Å². The SMILES string of the molecule is COC(=O)c1cccc(NCC(=O)NCCc2ccccc2OC)c1. The minimum Gasteiger partial charge on any atom is -0.496 e. The van der Waals surface area contributed by atoms with Crippen molar-refractivity contribution in [2.45, 2.75) is 6.42 Å². The average molecular weight is 342 g/mol. The Hall–Kier alpha value is -3.02. The highest BCUT2D eigenvalue weighted by molar-refractivity contribution is 5.90. The summed E-state index contributed by atoms with van der Waals surface area (Å²) >= 11 is 0. The van der Waals surface area contributed by atoms with Crippen LogP contribution in [0.25, 0.3) is 0 Å². The molecule has 0 aliphatic rings. The second-order valence-corrected chi connectivity index (χ2v) is 5.34. The summed E-state index contributed by atoms with van der Waals surface area (Å²) in [5, 5.41) is 5.84. The van der Waals surface area contributed by atoms with Crippen molar-refractivity contribution in [3.05, 3.63) is 59.7 Å². The molecule has 6 nitrogen and oxygen atoms in total. The number of anilines is 1. The van der Waals surface area contributed by atoms with Crippen molar-refractivity contribution in [1.82, 2.24) is 5.32 Å². The van der Waals surface area contributed by atoms with E-state index in [2.05, 4.69) is 15.4 Å². The number of nitrogens with one attached hydrogen (secondary N) is 2. The Morgan fingerprint density at radius 1 is 1.04 bits per heavy atom. The number of carbonyl (C=O) groups excluding carboxylic acids is 2. The topological polar surface area (TPSA) is 76.7 Å². The fourth-order valence-electron chi connectivity index (χ4n) is 2.36. The number of hydrogen-bond donors (Lipinski definition) is 2. The van der Waals surface area contributed by atoms with Crippen LogP contribution in [0.4, 0.5) is 5.69 Å². The largest absolute Gasteiger partial charge is 0.496 e. The summed E-state index contributed by atoms with van der Waals surface area (Å²) < 4.78 is 9.96. The number of benzene rings is 2. The van der Waals surface area contributed by atoms with Crippen LogP contribution in [0.3, 0.4) is 0 Å². The molecule has 0 radical (unpaired) electrons. The van der Waals surface area contributed by atoms with Gasteiger partial charge in [0.25, 0.3) is 0 Å². The van der Waals surface area contributed by atoms with E-state index in [-0.39, 0.29) is 12.5 Å². The molecule has 0 fully saturated rings. The highest BCUT2D eigenvalue weighted by Crippen LogP contribution is 2.17. The molecule has 0 aliphatic carbocycles. The maximum absolute atomic E-state index is 11.9. The van der Waals surface area contributed by atoms with Crippen molar-refractivity contribution in [3.8, 4) is 5.75 Å². The monoisotopic (exact) mass is 342 g/mol. The van der Waals surface area contributed by atoms with Gasteiger partial charge in [0.05, 0.1) is 26.3 Å². The molecule has 0 heterocycles. The molecular weight excluding hydrogens is 320 g/mol. The van der Waals surface area contributed by atoms with Crippen LogP contribution in [-0.2, 0) is 16.0 Å². The molecule has 0 unspecified atom stereocenters. The van der Waals surface area contributed by atoms with E-state index in [0.717, 1.165) is 11.3 Å². The fraction of sp³-hybridized carbons (Fsp3) is 0.263. The molecule has 1 amide bonds. The number of ether oxygens (including phenoxy) is 2. The number of esters is 1. The van der Waals surface area contributed by atoms with Crippen LogP contribution >= 0.6 is 0 Å². The van der Waals surface area contributed by atoms with Crippen molar-refractivity contribution in [1.29, 1.82) is 0 Å². The Bertz CT molecular complexity index is 731. The summed E-state index contributed by atoms with van der Waals surface area (Å²) in [4.78, 5) is 23.4. The zero-order chi connectivity index (χ0) is 18.1. The van der Waals surface area contributed by atoms with E-state index in [1.807, 2.05) is 24.3 Å². The number of carbonyl (C=O) groups is 2. The fourth-order valence-corrected chi connectivity index (χ4v) is 2.36. The minimum atomic E-state index is -0.412. The van der Waals surface area contributed by atoms with Crippen LogP contribution in [0, 0.1) is 0 Å². The molecule has 2 aromatic rings. The van der Waals surface area contributed by atoms with Gasteiger partial charge in [0.1, 0.15) is 5.75 Å². The lowest BCUT2D eigenvalue weighted by Crippen LogP contribution is -2.31. The summed E-state index contributed by atoms with van der Waals surface area (Å²) in [5.41, 5.74) is 2.16. The van der Waals surface area contributed by atoms with E-state index in [0.29, 0.717) is 24.2 Å². The summed E-state index contributed by atoms with van der Waals surface area (Å²) in [7, 11) is 2.96. The van der Waals surface area contributed by atoms with E-state index in [9.17, 15) is 9.59 Å². The normalized spacial score (nSPS) is 10.0. The third-order valence-electron chi connectivity index (χ3n) is 3.65. The van der Waals surface area contributed by atoms with Gasteiger partial charge < -0.3 is 20.1 Å². The maximum Gasteiger partial charge on any atom is 0.337 e. The molecule has 25 heavy (non-hydrogen) atoms. The molecule has 6 heteroatoms. The zero-order valence-electron chi connectivity index (χ0n) is 14.4. The lowest BCUT2D eigenvalue weighted by atomic mass is 10.1. The molecular formula is C19H22N2O4. The van der Waals surface area contributed by atoms with Crippen LogP contribution in [0.5, 0.6) is 5.75 Å². The number of rotatable bonds is 8. The molecule has 2 N–H and O–H groups in total. The molecule has 0 aliphatic heterocycles. The Morgan fingerprint density at radius 2 is 1.84 bits per heavy atom. The Balaban J connectivity index is 1.78. The van der Waals surface area contributed by atoms with Gasteiger partial charge in [0.15, 0.2) is 0 Å². The molecule has 2 aromatic carbocycles. The quantitative estimate of drug-likeness (QED) is 0.720. The van der Waals surface area contributed by atoms with Gasteiger partial charge in [0.2, 0.25) is 5.91 Å². The van der Waals surface area contributed by atoms with Crippen LogP contribution in [0.1, 0.15) is 15.9 Å². The van der Waals surface area contributed by atoms with Crippen molar-refractivity contribution >= 4 is 17.6 Å². The predicted octanol–water partition coefficient (Wildman–Crippen LogP) is 2.25. The van der Waals surface area contributed by atoms with Crippen molar-refractivity contribution in [2.24, 2.45) is 0 Å². The number of hydrogen-bond acceptors (Lipinski definition) is 5. The lowest BCUT2D eigenvalue weighted by Gasteiger charge is -2.10. The van der Waals surface area contributed by atoms with Crippen LogP contribution in [-0.4, -0.2) is 39.2 Å². The molecule has 0 spiro atoms. The van der Waals surface area contributed by atoms with Gasteiger partial charge in [-0.1, -0.05) is 24.3 Å². The van der Waals surface area contributed by atoms with E-state index < -0.39 is 5.97 Å². The molecule has 0 saturated heterocycles. The third-order valence-corrected chi connectivity index (χ3v) is 3.65. The highest BCUT2D eigenvalue weighted by atomic mass is 16.5. The smallest absolute Gasteiger partial charge is 0.337 e. The molecule has 0 saturated carbocycles. The van der Waals surface area contributed by atoms with Crippen LogP contribution in [0.2, 0.25) is 0 Å². The van der Waals surface area contributed by atoms with Gasteiger partial charge in [0, 0.05) is 12.2 Å². The van der Waals surface area contributed by atoms with Crippen molar-refractivity contribution in [3.63, 3.8) is 0 Å². The maximum atomic E-state index is 11.9. The van der Waals surface area contributed by atoms with E-state index >= 15 is 0 Å². The first-order valence-corrected chi connectivity index (χ1v) is 7.95. The first kappa shape index (κ1) is 18.3. The zero-order valence-corrected chi connectivity index (χ0v) is 14.4. The van der Waals surface area contributed by atoms with Crippen molar-refractivity contribution < 1.29 is 19.1 Å². The molecule has 0 bridgehead atoms. The highest BCUT2D eigenvalue weighted by Gasteiger charge is 2.07. The van der Waals surface area contributed by atoms with Gasteiger partial charge in [-0.05, 0) is 36.2 Å². The lowest BCUT2D eigenvalue weighted by molar-refractivity contribution is -0.119. The van der Waals surface area contributed by atoms with Gasteiger partial charge in [-0.25, -0.2) is 4.79 Å². The van der Waals surface area contributed by atoms with Crippen LogP contribution < -0.4 is 15.4 Å². The summed E-state index contributed by atoms with van der Waals surface area (Å²) in [6.07, 6.45) is 0.688. The first-order valence-electron chi connectivity index (χ1n) is 7.95. The number of methoxy groups -OCH3 is 2. The Morgan fingerprint density at radius 3 is 2.60 bits per heavy atom.